The van der Waals surface area contributed by atoms with Crippen LogP contribution in [0.1, 0.15) is 62.9 Å². The Morgan fingerprint density at radius 2 is 1.77 bits per heavy atom. The molecule has 2 heterocycles. The van der Waals surface area contributed by atoms with Gasteiger partial charge in [-0.2, -0.15) is 5.10 Å². The number of nitrogens with zero attached hydrogens (tertiary/aromatic N) is 3. The van der Waals surface area contributed by atoms with E-state index in [1.807, 2.05) is 26.8 Å². The molecule has 9 nitrogen and oxygen atoms in total. The Morgan fingerprint density at radius 3 is 2.50 bits per heavy atom. The van der Waals surface area contributed by atoms with E-state index < -0.39 is 11.9 Å². The zero-order valence-electron chi connectivity index (χ0n) is 24.5. The third kappa shape index (κ3) is 6.21. The van der Waals surface area contributed by atoms with Gasteiger partial charge in [0.1, 0.15) is 5.75 Å². The molecule has 0 saturated heterocycles. The number of rotatable bonds is 6. The maximum Gasteiger partial charge on any atom is 0.573 e. The third-order valence-corrected chi connectivity index (χ3v) is 7.69. The van der Waals surface area contributed by atoms with Gasteiger partial charge in [0.15, 0.2) is 5.82 Å². The first-order chi connectivity index (χ1) is 20.8. The summed E-state index contributed by atoms with van der Waals surface area (Å²) in [5.74, 6) is 0.443. The lowest BCUT2D eigenvalue weighted by molar-refractivity contribution is -0.274. The summed E-state index contributed by atoms with van der Waals surface area (Å²) < 4.78 is 45.7. The summed E-state index contributed by atoms with van der Waals surface area (Å²) in [5, 5.41) is 24.6. The van der Waals surface area contributed by atoms with Gasteiger partial charge in [-0.05, 0) is 88.4 Å². The molecule has 0 atom stereocenters. The van der Waals surface area contributed by atoms with Crippen LogP contribution >= 0.6 is 0 Å². The Hall–Kier alpha value is -4.58. The van der Waals surface area contributed by atoms with Crippen molar-refractivity contribution in [3.05, 3.63) is 66.2 Å². The first-order valence-corrected chi connectivity index (χ1v) is 14.5. The maximum atomic E-state index is 13.1. The minimum absolute atomic E-state index is 0.0484. The third-order valence-electron chi connectivity index (χ3n) is 7.69. The molecule has 44 heavy (non-hydrogen) atoms. The predicted octanol–water partition coefficient (Wildman–Crippen LogP) is 7.23. The molecule has 0 bridgehead atoms. The van der Waals surface area contributed by atoms with E-state index in [0.717, 1.165) is 18.4 Å². The number of ether oxygens (including phenoxy) is 1. The summed E-state index contributed by atoms with van der Waals surface area (Å²) in [5.41, 5.74) is 3.02. The molecule has 0 aliphatic heterocycles. The molecule has 2 aromatic heterocycles. The zero-order chi connectivity index (χ0) is 31.2. The molecule has 6 rings (SSSR count). The number of fused-ring (bicyclic) bond motifs is 2. The molecule has 1 aliphatic carbocycles. The molecule has 12 heteroatoms. The molecule has 230 valence electrons. The van der Waals surface area contributed by atoms with Gasteiger partial charge in [-0.25, -0.2) is 4.98 Å². The Bertz CT molecular complexity index is 1830. The number of imidazole rings is 1. The highest BCUT2D eigenvalue weighted by Gasteiger charge is 2.32. The number of aromatic nitrogens is 4. The molecule has 1 fully saturated rings. The standard InChI is InChI=1S/C32H33F3N6O3/c1-31(2,3)38-29(43)19-9-15-26-25(17-19)36-30(41(26)20-10-12-21(42)13-11-20)37-28-23-16-18(8-14-24(23)39-40-28)22-6-4-5-7-27(22)44-32(33,34)35/h4-9,14-17,20-21,42H,10-13H2,1-3H3,(H,38,43)(H2,36,37,39,40)/t20-,21+. The van der Waals surface area contributed by atoms with Crippen molar-refractivity contribution in [3.63, 3.8) is 0 Å². The van der Waals surface area contributed by atoms with Crippen LogP contribution in [0.4, 0.5) is 24.9 Å². The van der Waals surface area contributed by atoms with Crippen LogP contribution < -0.4 is 15.4 Å². The Kier molecular flexibility index (Phi) is 7.48. The molecule has 1 amide bonds. The molecule has 3 aromatic carbocycles. The maximum absolute atomic E-state index is 13.1. The van der Waals surface area contributed by atoms with Gasteiger partial charge in [-0.1, -0.05) is 24.3 Å². The number of nitrogens with one attached hydrogen (secondary N) is 3. The lowest BCUT2D eigenvalue weighted by Gasteiger charge is -2.28. The smallest absolute Gasteiger partial charge is 0.405 e. The van der Waals surface area contributed by atoms with Crippen molar-refractivity contribution in [2.45, 2.75) is 70.5 Å². The molecule has 0 unspecified atom stereocenters. The molecule has 5 aromatic rings. The number of aliphatic hydroxyl groups excluding tert-OH is 1. The van der Waals surface area contributed by atoms with Crippen molar-refractivity contribution in [2.75, 3.05) is 5.32 Å². The number of hydrogen-bond acceptors (Lipinski definition) is 6. The average Bonchev–Trinajstić information content (AvgIpc) is 3.52. The van der Waals surface area contributed by atoms with E-state index in [1.165, 1.54) is 12.1 Å². The fraction of sp³-hybridized carbons (Fsp3) is 0.344. The average molecular weight is 607 g/mol. The van der Waals surface area contributed by atoms with E-state index in [9.17, 15) is 23.1 Å². The summed E-state index contributed by atoms with van der Waals surface area (Å²) in [6, 6.07) is 16.7. The van der Waals surface area contributed by atoms with Gasteiger partial charge in [-0.15, -0.1) is 13.2 Å². The van der Waals surface area contributed by atoms with Crippen LogP contribution in [0.3, 0.4) is 0 Å². The van der Waals surface area contributed by atoms with Crippen LogP contribution in [-0.2, 0) is 0 Å². The topological polar surface area (TPSA) is 117 Å². The minimum atomic E-state index is -4.83. The number of aliphatic hydroxyl groups is 1. The van der Waals surface area contributed by atoms with Gasteiger partial charge < -0.3 is 25.0 Å². The van der Waals surface area contributed by atoms with Crippen molar-refractivity contribution in [3.8, 4) is 16.9 Å². The van der Waals surface area contributed by atoms with Crippen LogP contribution in [0, 0.1) is 0 Å². The SMILES string of the molecule is CC(C)(C)NC(=O)c1ccc2c(c1)nc(Nc1n[nH]c3ccc(-c4ccccc4OC(F)(F)F)cc13)n2[C@H]1CC[C@@H](O)CC1. The van der Waals surface area contributed by atoms with E-state index in [4.69, 9.17) is 4.98 Å². The Labute approximate surface area is 251 Å². The number of aromatic amines is 1. The summed E-state index contributed by atoms with van der Waals surface area (Å²) >= 11 is 0. The second-order valence-electron chi connectivity index (χ2n) is 12.2. The van der Waals surface area contributed by atoms with Crippen molar-refractivity contribution in [1.29, 1.82) is 0 Å². The molecular formula is C32H33F3N6O3. The fourth-order valence-electron chi connectivity index (χ4n) is 5.73. The fourth-order valence-corrected chi connectivity index (χ4v) is 5.73. The van der Waals surface area contributed by atoms with Crippen molar-refractivity contribution in [2.24, 2.45) is 0 Å². The van der Waals surface area contributed by atoms with Gasteiger partial charge in [0.25, 0.3) is 5.91 Å². The summed E-state index contributed by atoms with van der Waals surface area (Å²) in [6.45, 7) is 5.75. The number of halogens is 3. The van der Waals surface area contributed by atoms with Crippen LogP contribution in [0.25, 0.3) is 33.1 Å². The van der Waals surface area contributed by atoms with Gasteiger partial charge in [0.05, 0.1) is 22.7 Å². The normalized spacial score (nSPS) is 17.6. The van der Waals surface area contributed by atoms with E-state index in [-0.39, 0.29) is 29.4 Å². The van der Waals surface area contributed by atoms with Crippen molar-refractivity contribution < 1.29 is 27.8 Å². The van der Waals surface area contributed by atoms with Gasteiger partial charge >= 0.3 is 6.36 Å². The number of hydrogen-bond donors (Lipinski definition) is 4. The monoisotopic (exact) mass is 606 g/mol. The number of anilines is 2. The molecule has 4 N–H and O–H groups in total. The number of carbonyl (C=O) groups is 1. The Morgan fingerprint density at radius 1 is 1.02 bits per heavy atom. The van der Waals surface area contributed by atoms with Crippen LogP contribution in [0.15, 0.2) is 60.7 Å². The zero-order valence-corrected chi connectivity index (χ0v) is 24.5. The van der Waals surface area contributed by atoms with E-state index in [1.54, 1.807) is 42.5 Å². The highest BCUT2D eigenvalue weighted by atomic mass is 19.4. The van der Waals surface area contributed by atoms with Crippen molar-refractivity contribution in [1.82, 2.24) is 25.1 Å². The summed E-state index contributed by atoms with van der Waals surface area (Å²) in [6.07, 6.45) is -2.37. The van der Waals surface area contributed by atoms with Crippen LogP contribution in [-0.4, -0.2) is 48.8 Å². The van der Waals surface area contributed by atoms with Gasteiger partial charge in [0, 0.05) is 28.1 Å². The van der Waals surface area contributed by atoms with Gasteiger partial charge in [-0.3, -0.25) is 9.89 Å². The number of para-hydroxylation sites is 1. The second kappa shape index (κ2) is 11.2. The molecular weight excluding hydrogens is 573 g/mol. The van der Waals surface area contributed by atoms with E-state index in [0.29, 0.717) is 52.2 Å². The first-order valence-electron chi connectivity index (χ1n) is 14.5. The lowest BCUT2D eigenvalue weighted by Crippen LogP contribution is -2.40. The minimum Gasteiger partial charge on any atom is -0.405 e. The van der Waals surface area contributed by atoms with E-state index >= 15 is 0 Å². The molecule has 0 spiro atoms. The number of alkyl halides is 3. The van der Waals surface area contributed by atoms with Crippen molar-refractivity contribution >= 4 is 39.6 Å². The molecule has 1 aliphatic rings. The summed E-state index contributed by atoms with van der Waals surface area (Å²) in [4.78, 5) is 17.8. The van der Waals surface area contributed by atoms with Crippen LogP contribution in [0.2, 0.25) is 0 Å². The highest BCUT2D eigenvalue weighted by molar-refractivity contribution is 5.99. The summed E-state index contributed by atoms with van der Waals surface area (Å²) in [7, 11) is 0. The largest absolute Gasteiger partial charge is 0.573 e. The molecule has 0 radical (unpaired) electrons. The highest BCUT2D eigenvalue weighted by Crippen LogP contribution is 2.38. The quantitative estimate of drug-likeness (QED) is 0.162. The predicted molar refractivity (Wildman–Crippen MR) is 162 cm³/mol. The van der Waals surface area contributed by atoms with Crippen LogP contribution in [0.5, 0.6) is 5.75 Å². The molecule has 1 saturated carbocycles. The lowest BCUT2D eigenvalue weighted by atomic mass is 9.93. The number of benzene rings is 3. The Balaban J connectivity index is 1.40. The van der Waals surface area contributed by atoms with Gasteiger partial charge in [0.2, 0.25) is 5.95 Å². The van der Waals surface area contributed by atoms with E-state index in [2.05, 4.69) is 30.1 Å². The number of carbonyl (C=O) groups excluding carboxylic acids is 1. The second-order valence-corrected chi connectivity index (χ2v) is 12.2. The number of amides is 1. The first kappa shape index (κ1) is 29.5. The number of H-pyrrole nitrogens is 1.